The minimum atomic E-state index is -0.291. The summed E-state index contributed by atoms with van der Waals surface area (Å²) in [5.74, 6) is 0.340. The van der Waals surface area contributed by atoms with Crippen molar-refractivity contribution >= 4 is 23.2 Å². The highest BCUT2D eigenvalue weighted by Gasteiger charge is 2.29. The van der Waals surface area contributed by atoms with Gasteiger partial charge in [0, 0.05) is 37.2 Å². The average molecular weight is 554 g/mol. The second-order valence-electron chi connectivity index (χ2n) is 10.9. The first-order valence-corrected chi connectivity index (χ1v) is 14.1. The number of piperidine rings is 1. The maximum atomic E-state index is 13.1. The summed E-state index contributed by atoms with van der Waals surface area (Å²) in [7, 11) is 0. The minimum Gasteiger partial charge on any atom is -0.490 e. The van der Waals surface area contributed by atoms with Crippen LogP contribution >= 0.6 is 0 Å². The lowest BCUT2D eigenvalue weighted by Crippen LogP contribution is -2.40. The topological polar surface area (TPSA) is 80.9 Å². The molecule has 0 spiro atoms. The van der Waals surface area contributed by atoms with Crippen LogP contribution in [0.4, 0.5) is 10.1 Å². The molecule has 0 N–H and O–H groups in total. The number of pyridine rings is 1. The zero-order chi connectivity index (χ0) is 28.8. The molecule has 2 aromatic carbocycles. The number of amides is 1. The quantitative estimate of drug-likeness (QED) is 0.229. The fourth-order valence-corrected chi connectivity index (χ4v) is 5.67. The van der Waals surface area contributed by atoms with Gasteiger partial charge in [-0.3, -0.25) is 19.4 Å². The molecule has 2 heterocycles. The Morgan fingerprint density at radius 1 is 0.878 bits per heavy atom. The summed E-state index contributed by atoms with van der Waals surface area (Å²) < 4.78 is 19.1. The van der Waals surface area contributed by atoms with Crippen molar-refractivity contribution in [3.8, 4) is 5.75 Å². The summed E-state index contributed by atoms with van der Waals surface area (Å²) in [4.78, 5) is 48.2. The van der Waals surface area contributed by atoms with Crippen LogP contribution in [0.15, 0.2) is 66.9 Å². The first kappa shape index (κ1) is 28.2. The lowest BCUT2D eigenvalue weighted by atomic mass is 9.84. The smallest absolute Gasteiger partial charge is 0.255 e. The number of halogens is 1. The highest BCUT2D eigenvalue weighted by Crippen LogP contribution is 2.31. The number of likely N-dealkylation sites (tertiary alicyclic amines) is 1. The van der Waals surface area contributed by atoms with E-state index >= 15 is 0 Å². The van der Waals surface area contributed by atoms with Crippen molar-refractivity contribution in [3.05, 3.63) is 101 Å². The zero-order valence-corrected chi connectivity index (χ0v) is 22.8. The number of aromatic nitrogens is 1. The normalized spacial score (nSPS) is 19.3. The van der Waals surface area contributed by atoms with Crippen LogP contribution < -0.4 is 4.74 Å². The van der Waals surface area contributed by atoms with Gasteiger partial charge in [0.1, 0.15) is 17.3 Å². The second-order valence-corrected chi connectivity index (χ2v) is 10.9. The maximum absolute atomic E-state index is 13.1. The standard InChI is InChI=1S/C33H32FN3O4/c1-35-27-9-4-23(5-10-27)32(39)24-16-18-37(19-17-24)33(40)25-6-15-30(36-21-25)31(38)20-22-2-11-28(12-3-22)41-29-13-7-26(34)8-14-29/h4-10,13-15,21-22,24,28H,2-3,11-12,16-20H2. The Morgan fingerprint density at radius 2 is 1.54 bits per heavy atom. The summed E-state index contributed by atoms with van der Waals surface area (Å²) in [6, 6.07) is 16.0. The van der Waals surface area contributed by atoms with E-state index in [-0.39, 0.29) is 41.2 Å². The predicted octanol–water partition coefficient (Wildman–Crippen LogP) is 6.72. The lowest BCUT2D eigenvalue weighted by molar-refractivity contribution is 0.0650. The number of nitrogens with zero attached hydrogens (tertiary/aromatic N) is 3. The fraction of sp³-hybridized carbons (Fsp3) is 0.364. The Balaban J connectivity index is 1.07. The van der Waals surface area contributed by atoms with Gasteiger partial charge in [-0.05, 0) is 80.8 Å². The van der Waals surface area contributed by atoms with Crippen molar-refractivity contribution in [3.63, 3.8) is 0 Å². The van der Waals surface area contributed by atoms with E-state index in [4.69, 9.17) is 11.3 Å². The Labute approximate surface area is 239 Å². The van der Waals surface area contributed by atoms with E-state index in [1.807, 2.05) is 0 Å². The lowest BCUT2D eigenvalue weighted by Gasteiger charge is -2.31. The van der Waals surface area contributed by atoms with Gasteiger partial charge in [-0.25, -0.2) is 9.24 Å². The first-order valence-electron chi connectivity index (χ1n) is 14.1. The van der Waals surface area contributed by atoms with Crippen molar-refractivity contribution in [1.29, 1.82) is 0 Å². The van der Waals surface area contributed by atoms with Crippen LogP contribution in [-0.2, 0) is 0 Å². The van der Waals surface area contributed by atoms with Crippen LogP contribution in [0.1, 0.15) is 76.2 Å². The van der Waals surface area contributed by atoms with E-state index in [2.05, 4.69) is 9.83 Å². The van der Waals surface area contributed by atoms with Crippen LogP contribution in [0.3, 0.4) is 0 Å². The summed E-state index contributed by atoms with van der Waals surface area (Å²) in [6.45, 7) is 8.00. The molecule has 0 bridgehead atoms. The summed E-state index contributed by atoms with van der Waals surface area (Å²) in [5, 5.41) is 0. The number of hydrogen-bond acceptors (Lipinski definition) is 5. The molecule has 0 radical (unpaired) electrons. The number of Topliss-reactive ketones (excluding diaryl/α,β-unsaturated/α-hetero) is 2. The number of carbonyl (C=O) groups is 3. The average Bonchev–Trinajstić information content (AvgIpc) is 3.02. The summed E-state index contributed by atoms with van der Waals surface area (Å²) in [6.07, 6.45) is 6.53. The number of ether oxygens (including phenoxy) is 1. The first-order chi connectivity index (χ1) is 19.9. The van der Waals surface area contributed by atoms with Crippen molar-refractivity contribution in [2.45, 2.75) is 51.0 Å². The number of rotatable bonds is 8. The van der Waals surface area contributed by atoms with Gasteiger partial charge in [0.05, 0.1) is 18.2 Å². The molecule has 210 valence electrons. The Kier molecular flexibility index (Phi) is 8.83. The Morgan fingerprint density at radius 3 is 2.15 bits per heavy atom. The molecule has 1 saturated heterocycles. The van der Waals surface area contributed by atoms with Crippen molar-refractivity contribution in [2.24, 2.45) is 11.8 Å². The molecule has 3 aromatic rings. The van der Waals surface area contributed by atoms with Gasteiger partial charge in [0.2, 0.25) is 0 Å². The molecule has 5 rings (SSSR count). The van der Waals surface area contributed by atoms with E-state index in [0.29, 0.717) is 60.6 Å². The van der Waals surface area contributed by atoms with E-state index in [0.717, 1.165) is 25.7 Å². The van der Waals surface area contributed by atoms with Crippen LogP contribution in [0, 0.1) is 24.2 Å². The molecule has 2 aliphatic rings. The van der Waals surface area contributed by atoms with E-state index < -0.39 is 0 Å². The van der Waals surface area contributed by atoms with Gasteiger partial charge in [-0.2, -0.15) is 0 Å². The van der Waals surface area contributed by atoms with Gasteiger partial charge < -0.3 is 9.64 Å². The molecule has 8 heteroatoms. The van der Waals surface area contributed by atoms with Gasteiger partial charge in [0.25, 0.3) is 5.91 Å². The minimum absolute atomic E-state index is 0.0318. The molecule has 2 fully saturated rings. The molecule has 0 unspecified atom stereocenters. The highest BCUT2D eigenvalue weighted by atomic mass is 19.1. The van der Waals surface area contributed by atoms with Gasteiger partial charge >= 0.3 is 0 Å². The molecule has 1 aromatic heterocycles. The van der Waals surface area contributed by atoms with Gasteiger partial charge in [0.15, 0.2) is 17.3 Å². The van der Waals surface area contributed by atoms with Crippen LogP contribution in [0.5, 0.6) is 5.75 Å². The number of hydrogen-bond donors (Lipinski definition) is 0. The third-order valence-electron chi connectivity index (χ3n) is 8.11. The third-order valence-corrected chi connectivity index (χ3v) is 8.11. The number of benzene rings is 2. The Bertz CT molecular complexity index is 1420. The fourth-order valence-electron chi connectivity index (χ4n) is 5.67. The van der Waals surface area contributed by atoms with Crippen LogP contribution in [0.2, 0.25) is 0 Å². The molecule has 1 aliphatic carbocycles. The number of carbonyl (C=O) groups excluding carboxylic acids is 3. The zero-order valence-electron chi connectivity index (χ0n) is 22.8. The molecule has 7 nitrogen and oxygen atoms in total. The molecule has 1 saturated carbocycles. The molecule has 1 amide bonds. The van der Waals surface area contributed by atoms with Crippen molar-refractivity contribution in [1.82, 2.24) is 9.88 Å². The predicted molar refractivity (Wildman–Crippen MR) is 152 cm³/mol. The number of ketones is 2. The molecule has 0 atom stereocenters. The van der Waals surface area contributed by atoms with Gasteiger partial charge in [-0.1, -0.05) is 24.3 Å². The van der Waals surface area contributed by atoms with Gasteiger partial charge in [-0.15, -0.1) is 0 Å². The molecular formula is C33H32FN3O4. The second kappa shape index (κ2) is 12.9. The highest BCUT2D eigenvalue weighted by molar-refractivity contribution is 5.99. The monoisotopic (exact) mass is 553 g/mol. The van der Waals surface area contributed by atoms with Crippen LogP contribution in [-0.4, -0.2) is 46.6 Å². The Hall–Kier alpha value is -4.38. The largest absolute Gasteiger partial charge is 0.490 e. The molecular weight excluding hydrogens is 521 g/mol. The van der Waals surface area contributed by atoms with E-state index in [1.165, 1.54) is 18.3 Å². The van der Waals surface area contributed by atoms with Crippen molar-refractivity contribution in [2.75, 3.05) is 13.1 Å². The van der Waals surface area contributed by atoms with Crippen molar-refractivity contribution < 1.29 is 23.5 Å². The van der Waals surface area contributed by atoms with E-state index in [1.54, 1.807) is 53.4 Å². The molecule has 1 aliphatic heterocycles. The summed E-state index contributed by atoms with van der Waals surface area (Å²) in [5.41, 5.74) is 1.89. The summed E-state index contributed by atoms with van der Waals surface area (Å²) >= 11 is 0. The van der Waals surface area contributed by atoms with E-state index in [9.17, 15) is 18.8 Å². The third kappa shape index (κ3) is 7.04. The van der Waals surface area contributed by atoms with Crippen LogP contribution in [0.25, 0.3) is 4.85 Å². The maximum Gasteiger partial charge on any atom is 0.255 e. The SMILES string of the molecule is [C-]#[N+]c1ccc(C(=O)C2CCN(C(=O)c3ccc(C(=O)CC4CCC(Oc5ccc(F)cc5)CC4)nc3)CC2)cc1. The molecule has 41 heavy (non-hydrogen) atoms.